The van der Waals surface area contributed by atoms with Gasteiger partial charge in [0, 0.05) is 18.8 Å². The van der Waals surface area contributed by atoms with Crippen molar-refractivity contribution in [2.75, 3.05) is 22.7 Å². The first-order valence-corrected chi connectivity index (χ1v) is 9.38. The third-order valence-electron chi connectivity index (χ3n) is 3.96. The molecule has 0 amide bonds. The van der Waals surface area contributed by atoms with E-state index in [4.69, 9.17) is 0 Å². The quantitative estimate of drug-likeness (QED) is 0.896. The van der Waals surface area contributed by atoms with E-state index in [-0.39, 0.29) is 11.4 Å². The van der Waals surface area contributed by atoms with Gasteiger partial charge in [-0.25, -0.2) is 17.2 Å². The van der Waals surface area contributed by atoms with Gasteiger partial charge in [-0.1, -0.05) is 12.1 Å². The molecular weight excluding hydrogens is 334 g/mol. The number of halogens is 2. The van der Waals surface area contributed by atoms with Gasteiger partial charge in [0.1, 0.15) is 11.6 Å². The van der Waals surface area contributed by atoms with Crippen LogP contribution in [0, 0.1) is 11.6 Å². The SMILES string of the molecule is O=S(=O)(Cc1ccc(F)cc1)Nc1cc(N2CCCC2)ccc1F. The Morgan fingerprint density at radius 1 is 1.00 bits per heavy atom. The Bertz CT molecular complexity index is 817. The molecule has 128 valence electrons. The third kappa shape index (κ3) is 4.03. The summed E-state index contributed by atoms with van der Waals surface area (Å²) >= 11 is 0. The van der Waals surface area contributed by atoms with Crippen molar-refractivity contribution >= 4 is 21.4 Å². The second kappa shape index (κ2) is 6.76. The van der Waals surface area contributed by atoms with Crippen LogP contribution < -0.4 is 9.62 Å². The number of anilines is 2. The average molecular weight is 352 g/mol. The zero-order chi connectivity index (χ0) is 17.2. The minimum absolute atomic E-state index is 0.0680. The van der Waals surface area contributed by atoms with Crippen LogP contribution in [0.3, 0.4) is 0 Å². The van der Waals surface area contributed by atoms with E-state index in [1.807, 2.05) is 0 Å². The predicted octanol–water partition coefficient (Wildman–Crippen LogP) is 3.51. The molecular formula is C17H18F2N2O2S. The lowest BCUT2D eigenvalue weighted by Gasteiger charge is -2.19. The average Bonchev–Trinajstić information content (AvgIpc) is 3.06. The monoisotopic (exact) mass is 352 g/mol. The Labute approximate surface area is 140 Å². The maximum Gasteiger partial charge on any atom is 0.237 e. The molecule has 3 rings (SSSR count). The van der Waals surface area contributed by atoms with Gasteiger partial charge in [0.2, 0.25) is 10.0 Å². The van der Waals surface area contributed by atoms with Crippen LogP contribution in [-0.2, 0) is 15.8 Å². The Hall–Kier alpha value is -2.15. The molecule has 1 saturated heterocycles. The topological polar surface area (TPSA) is 49.4 Å². The van der Waals surface area contributed by atoms with Crippen molar-refractivity contribution in [1.29, 1.82) is 0 Å². The summed E-state index contributed by atoms with van der Waals surface area (Å²) in [6.45, 7) is 1.76. The van der Waals surface area contributed by atoms with Crippen LogP contribution in [0.2, 0.25) is 0 Å². The maximum absolute atomic E-state index is 14.0. The van der Waals surface area contributed by atoms with Gasteiger partial charge in [-0.15, -0.1) is 0 Å². The molecule has 0 radical (unpaired) electrons. The molecule has 1 fully saturated rings. The molecule has 1 aliphatic heterocycles. The first-order valence-electron chi connectivity index (χ1n) is 7.72. The van der Waals surface area contributed by atoms with E-state index in [1.165, 1.54) is 36.4 Å². The van der Waals surface area contributed by atoms with E-state index in [9.17, 15) is 17.2 Å². The highest BCUT2D eigenvalue weighted by atomic mass is 32.2. The van der Waals surface area contributed by atoms with Crippen LogP contribution in [-0.4, -0.2) is 21.5 Å². The Morgan fingerprint density at radius 3 is 2.33 bits per heavy atom. The highest BCUT2D eigenvalue weighted by molar-refractivity contribution is 7.91. The van der Waals surface area contributed by atoms with Crippen LogP contribution in [0.25, 0.3) is 0 Å². The van der Waals surface area contributed by atoms with Gasteiger partial charge in [0.15, 0.2) is 0 Å². The van der Waals surface area contributed by atoms with Gasteiger partial charge in [0.05, 0.1) is 11.4 Å². The van der Waals surface area contributed by atoms with E-state index < -0.39 is 21.7 Å². The zero-order valence-electron chi connectivity index (χ0n) is 13.0. The fraction of sp³-hybridized carbons (Fsp3) is 0.294. The lowest BCUT2D eigenvalue weighted by Crippen LogP contribution is -2.19. The molecule has 0 bridgehead atoms. The first kappa shape index (κ1) is 16.7. The normalized spacial score (nSPS) is 14.8. The lowest BCUT2D eigenvalue weighted by atomic mass is 10.2. The smallest absolute Gasteiger partial charge is 0.237 e. The summed E-state index contributed by atoms with van der Waals surface area (Å²) in [6, 6.07) is 9.61. The van der Waals surface area contributed by atoms with Crippen LogP contribution in [0.5, 0.6) is 0 Å². The molecule has 1 N–H and O–H groups in total. The van der Waals surface area contributed by atoms with Gasteiger partial charge >= 0.3 is 0 Å². The largest absolute Gasteiger partial charge is 0.371 e. The fourth-order valence-electron chi connectivity index (χ4n) is 2.77. The molecule has 0 spiro atoms. The molecule has 0 aromatic heterocycles. The number of sulfonamides is 1. The first-order chi connectivity index (χ1) is 11.4. The molecule has 0 saturated carbocycles. The van der Waals surface area contributed by atoms with Crippen LogP contribution in [0.4, 0.5) is 20.2 Å². The standard InChI is InChI=1S/C17H18F2N2O2S/c18-14-5-3-13(4-6-14)12-24(22,23)20-17-11-15(7-8-16(17)19)21-9-1-2-10-21/h3-8,11,20H,1-2,9-10,12H2. The predicted molar refractivity (Wildman–Crippen MR) is 90.5 cm³/mol. The Kier molecular flexibility index (Phi) is 4.71. The number of benzene rings is 2. The molecule has 0 unspecified atom stereocenters. The lowest BCUT2D eigenvalue weighted by molar-refractivity contribution is 0.597. The molecule has 1 aliphatic rings. The minimum Gasteiger partial charge on any atom is -0.371 e. The third-order valence-corrected chi connectivity index (χ3v) is 5.20. The van der Waals surface area contributed by atoms with Gasteiger partial charge in [0.25, 0.3) is 0 Å². The number of hydrogen-bond donors (Lipinski definition) is 1. The fourth-order valence-corrected chi connectivity index (χ4v) is 3.96. The summed E-state index contributed by atoms with van der Waals surface area (Å²) < 4.78 is 53.7. The van der Waals surface area contributed by atoms with Crippen molar-refractivity contribution < 1.29 is 17.2 Å². The van der Waals surface area contributed by atoms with Crippen molar-refractivity contribution in [2.45, 2.75) is 18.6 Å². The van der Waals surface area contributed by atoms with Crippen molar-refractivity contribution in [3.05, 3.63) is 59.7 Å². The van der Waals surface area contributed by atoms with Gasteiger partial charge in [-0.3, -0.25) is 4.72 Å². The second-order valence-corrected chi connectivity index (χ2v) is 7.57. The van der Waals surface area contributed by atoms with Crippen LogP contribution in [0.1, 0.15) is 18.4 Å². The van der Waals surface area contributed by atoms with E-state index in [1.54, 1.807) is 6.07 Å². The van der Waals surface area contributed by atoms with E-state index in [2.05, 4.69) is 9.62 Å². The molecule has 0 atom stereocenters. The highest BCUT2D eigenvalue weighted by Crippen LogP contribution is 2.26. The molecule has 4 nitrogen and oxygen atoms in total. The highest BCUT2D eigenvalue weighted by Gasteiger charge is 2.18. The van der Waals surface area contributed by atoms with Gasteiger partial charge in [-0.2, -0.15) is 0 Å². The van der Waals surface area contributed by atoms with Gasteiger partial charge < -0.3 is 4.90 Å². The minimum atomic E-state index is -3.79. The summed E-state index contributed by atoms with van der Waals surface area (Å²) in [5.74, 6) is -1.41. The zero-order valence-corrected chi connectivity index (χ0v) is 13.8. The van der Waals surface area contributed by atoms with Crippen molar-refractivity contribution in [3.63, 3.8) is 0 Å². The summed E-state index contributed by atoms with van der Waals surface area (Å²) in [5, 5.41) is 0. The number of nitrogens with one attached hydrogen (secondary N) is 1. The van der Waals surface area contributed by atoms with Crippen molar-refractivity contribution in [1.82, 2.24) is 0 Å². The Balaban J connectivity index is 1.78. The summed E-state index contributed by atoms with van der Waals surface area (Å²) in [4.78, 5) is 2.09. The molecule has 0 aliphatic carbocycles. The second-order valence-electron chi connectivity index (χ2n) is 5.85. The van der Waals surface area contributed by atoms with E-state index >= 15 is 0 Å². The van der Waals surface area contributed by atoms with E-state index in [0.717, 1.165) is 31.6 Å². The molecule has 7 heteroatoms. The molecule has 1 heterocycles. The Morgan fingerprint density at radius 2 is 1.67 bits per heavy atom. The van der Waals surface area contributed by atoms with E-state index in [0.29, 0.717) is 5.56 Å². The van der Waals surface area contributed by atoms with Gasteiger partial charge in [-0.05, 0) is 48.7 Å². The summed E-state index contributed by atoms with van der Waals surface area (Å²) in [6.07, 6.45) is 2.14. The summed E-state index contributed by atoms with van der Waals surface area (Å²) in [7, 11) is -3.79. The van der Waals surface area contributed by atoms with Crippen molar-refractivity contribution in [2.24, 2.45) is 0 Å². The maximum atomic E-state index is 14.0. The summed E-state index contributed by atoms with van der Waals surface area (Å²) in [5.41, 5.74) is 1.16. The number of hydrogen-bond acceptors (Lipinski definition) is 3. The molecule has 2 aromatic carbocycles. The van der Waals surface area contributed by atoms with Crippen molar-refractivity contribution in [3.8, 4) is 0 Å². The van der Waals surface area contributed by atoms with Crippen LogP contribution >= 0.6 is 0 Å². The van der Waals surface area contributed by atoms with Crippen LogP contribution in [0.15, 0.2) is 42.5 Å². The molecule has 24 heavy (non-hydrogen) atoms. The number of rotatable bonds is 5. The number of nitrogens with zero attached hydrogens (tertiary/aromatic N) is 1. The molecule has 2 aromatic rings.